The lowest BCUT2D eigenvalue weighted by atomic mass is 10.1. The summed E-state index contributed by atoms with van der Waals surface area (Å²) in [5.41, 5.74) is 0. The van der Waals surface area contributed by atoms with Gasteiger partial charge in [0.2, 0.25) is 0 Å². The van der Waals surface area contributed by atoms with Crippen LogP contribution >= 0.6 is 0 Å². The number of esters is 1. The van der Waals surface area contributed by atoms with E-state index in [1.165, 1.54) is 57.8 Å². The molecule has 8 nitrogen and oxygen atoms in total. The molecule has 0 unspecified atom stereocenters. The molecule has 0 fully saturated rings. The molecule has 0 spiro atoms. The number of unbranched alkanes of at least 4 members (excludes halogenated alkanes) is 9. The second kappa shape index (κ2) is 32.0. The van der Waals surface area contributed by atoms with E-state index in [0.29, 0.717) is 32.7 Å². The Kier molecular flexibility index (Phi) is 35.3. The number of ether oxygens (including phenoxy) is 1. The Morgan fingerprint density at radius 1 is 0.656 bits per heavy atom. The third kappa shape index (κ3) is 36.2. The normalized spacial score (nSPS) is 10.1. The number of nitrogens with zero attached hydrogens (tertiary/aromatic N) is 1. The van der Waals surface area contributed by atoms with Gasteiger partial charge in [0.1, 0.15) is 0 Å². The van der Waals surface area contributed by atoms with E-state index in [1.807, 2.05) is 6.92 Å². The summed E-state index contributed by atoms with van der Waals surface area (Å²) in [6, 6.07) is 0. The lowest BCUT2D eigenvalue weighted by Crippen LogP contribution is -2.32. The van der Waals surface area contributed by atoms with Crippen molar-refractivity contribution >= 4 is 11.9 Å². The van der Waals surface area contributed by atoms with Crippen LogP contribution in [0.1, 0.15) is 97.8 Å². The third-order valence-electron chi connectivity index (χ3n) is 4.60. The van der Waals surface area contributed by atoms with Gasteiger partial charge in [-0.2, -0.15) is 0 Å². The molecule has 0 saturated carbocycles. The second-order valence-electron chi connectivity index (χ2n) is 7.52. The summed E-state index contributed by atoms with van der Waals surface area (Å²) in [5, 5.41) is 33.2. The van der Waals surface area contributed by atoms with E-state index in [2.05, 4.69) is 6.92 Å². The molecule has 0 rings (SSSR count). The number of aliphatic hydroxyl groups is 3. The van der Waals surface area contributed by atoms with E-state index in [0.717, 1.165) is 6.42 Å². The van der Waals surface area contributed by atoms with Crippen molar-refractivity contribution in [2.75, 3.05) is 46.1 Å². The zero-order valence-corrected chi connectivity index (χ0v) is 20.9. The van der Waals surface area contributed by atoms with Crippen molar-refractivity contribution in [1.29, 1.82) is 0 Å². The lowest BCUT2D eigenvalue weighted by Gasteiger charge is -2.17. The Morgan fingerprint density at radius 3 is 1.34 bits per heavy atom. The molecule has 0 saturated heterocycles. The molecule has 0 bridgehead atoms. The predicted molar refractivity (Wildman–Crippen MR) is 129 cm³/mol. The van der Waals surface area contributed by atoms with Crippen LogP contribution in [0, 0.1) is 0 Å². The van der Waals surface area contributed by atoms with E-state index < -0.39 is 5.97 Å². The molecule has 4 N–H and O–H groups in total. The number of aliphatic hydroxyl groups excluding tert-OH is 3. The lowest BCUT2D eigenvalue weighted by molar-refractivity contribution is -0.143. The number of carbonyl (C=O) groups excluding carboxylic acids is 1. The fraction of sp³-hybridized carbons (Fsp3) is 0.917. The minimum Gasteiger partial charge on any atom is -0.481 e. The van der Waals surface area contributed by atoms with Crippen LogP contribution in [0.5, 0.6) is 0 Å². The largest absolute Gasteiger partial charge is 0.481 e. The second-order valence-corrected chi connectivity index (χ2v) is 7.52. The molecule has 194 valence electrons. The molecule has 0 aliphatic rings. The summed E-state index contributed by atoms with van der Waals surface area (Å²) in [6.45, 7) is 8.06. The summed E-state index contributed by atoms with van der Waals surface area (Å²) < 4.78 is 5.02. The zero-order valence-electron chi connectivity index (χ0n) is 20.9. The van der Waals surface area contributed by atoms with Crippen LogP contribution in [0.3, 0.4) is 0 Å². The van der Waals surface area contributed by atoms with Gasteiger partial charge in [-0.05, 0) is 6.42 Å². The number of rotatable bonds is 19. The van der Waals surface area contributed by atoms with Gasteiger partial charge in [0.15, 0.2) is 0 Å². The number of carbonyl (C=O) groups is 2. The first-order valence-corrected chi connectivity index (χ1v) is 12.4. The summed E-state index contributed by atoms with van der Waals surface area (Å²) in [4.78, 5) is 22.0. The quantitative estimate of drug-likeness (QED) is 0.168. The SMILES string of the molecule is CCC(=O)O.CCCCCCCCCCCCOC(=O)CC.OCCN(CCO)CCO. The van der Waals surface area contributed by atoms with E-state index in [4.69, 9.17) is 25.2 Å². The average molecular weight is 466 g/mol. The first kappa shape index (κ1) is 35.4. The van der Waals surface area contributed by atoms with Crippen LogP contribution in [0.4, 0.5) is 0 Å². The minimum atomic E-state index is -0.745. The highest BCUT2D eigenvalue weighted by Gasteiger charge is 2.00. The van der Waals surface area contributed by atoms with Crippen molar-refractivity contribution in [2.45, 2.75) is 97.8 Å². The molecular weight excluding hydrogens is 414 g/mol. The first-order chi connectivity index (χ1) is 15.4. The average Bonchev–Trinajstić information content (AvgIpc) is 2.78. The maximum absolute atomic E-state index is 10.8. The number of aliphatic carboxylic acids is 1. The number of hydrogen-bond donors (Lipinski definition) is 4. The van der Waals surface area contributed by atoms with E-state index in [-0.39, 0.29) is 32.2 Å². The highest BCUT2D eigenvalue weighted by Crippen LogP contribution is 2.10. The van der Waals surface area contributed by atoms with E-state index in [1.54, 1.807) is 11.8 Å². The molecule has 0 atom stereocenters. The van der Waals surface area contributed by atoms with E-state index >= 15 is 0 Å². The summed E-state index contributed by atoms with van der Waals surface area (Å²) >= 11 is 0. The van der Waals surface area contributed by atoms with Gasteiger partial charge in [-0.15, -0.1) is 0 Å². The minimum absolute atomic E-state index is 0.0686. The van der Waals surface area contributed by atoms with Gasteiger partial charge in [-0.3, -0.25) is 14.5 Å². The van der Waals surface area contributed by atoms with Gasteiger partial charge in [-0.1, -0.05) is 78.6 Å². The Hall–Kier alpha value is -1.22. The van der Waals surface area contributed by atoms with Crippen LogP contribution in [-0.4, -0.2) is 83.3 Å². The molecule has 0 aliphatic heterocycles. The van der Waals surface area contributed by atoms with Crippen LogP contribution < -0.4 is 0 Å². The third-order valence-corrected chi connectivity index (χ3v) is 4.60. The smallest absolute Gasteiger partial charge is 0.305 e. The molecule has 32 heavy (non-hydrogen) atoms. The maximum Gasteiger partial charge on any atom is 0.305 e. The first-order valence-electron chi connectivity index (χ1n) is 12.4. The zero-order chi connectivity index (χ0) is 24.9. The van der Waals surface area contributed by atoms with Crippen LogP contribution in [0.25, 0.3) is 0 Å². The topological polar surface area (TPSA) is 128 Å². The predicted octanol–water partition coefficient (Wildman–Crippen LogP) is 3.61. The molecule has 0 amide bonds. The molecular formula is C24H51NO7. The molecule has 8 heteroatoms. The van der Waals surface area contributed by atoms with Crippen molar-refractivity contribution in [2.24, 2.45) is 0 Å². The molecule has 0 aliphatic carbocycles. The van der Waals surface area contributed by atoms with Gasteiger partial charge < -0.3 is 25.2 Å². The van der Waals surface area contributed by atoms with Crippen molar-refractivity contribution < 1.29 is 34.8 Å². The fourth-order valence-electron chi connectivity index (χ4n) is 2.64. The van der Waals surface area contributed by atoms with Gasteiger partial charge in [-0.25, -0.2) is 0 Å². The monoisotopic (exact) mass is 465 g/mol. The van der Waals surface area contributed by atoms with Crippen LogP contribution in [0.2, 0.25) is 0 Å². The fourth-order valence-corrected chi connectivity index (χ4v) is 2.64. The summed E-state index contributed by atoms with van der Waals surface area (Å²) in [7, 11) is 0. The van der Waals surface area contributed by atoms with Crippen LogP contribution in [-0.2, 0) is 14.3 Å². The molecule has 0 radical (unpaired) electrons. The summed E-state index contributed by atoms with van der Waals surface area (Å²) in [6.07, 6.45) is 13.9. The van der Waals surface area contributed by atoms with Gasteiger partial charge in [0, 0.05) is 32.5 Å². The van der Waals surface area contributed by atoms with Crippen molar-refractivity contribution in [3.8, 4) is 0 Å². The molecule has 0 heterocycles. The number of hydrogen-bond acceptors (Lipinski definition) is 7. The van der Waals surface area contributed by atoms with Gasteiger partial charge in [0.05, 0.1) is 26.4 Å². The van der Waals surface area contributed by atoms with Crippen molar-refractivity contribution in [3.05, 3.63) is 0 Å². The Morgan fingerprint density at radius 2 is 1.03 bits per heavy atom. The van der Waals surface area contributed by atoms with Gasteiger partial charge >= 0.3 is 11.9 Å². The standard InChI is InChI=1S/C15H30O2.C6H15NO3.C3H6O2/c1-3-5-6-7-8-9-10-11-12-13-14-17-15(16)4-2;8-4-1-7(2-5-9)3-6-10;1-2-3(4)5/h3-14H2,1-2H3;8-10H,1-6H2;2H2,1H3,(H,4,5). The highest BCUT2D eigenvalue weighted by molar-refractivity contribution is 5.68. The highest BCUT2D eigenvalue weighted by atomic mass is 16.5. The molecule has 0 aromatic carbocycles. The number of carboxylic acids is 1. The summed E-state index contributed by atoms with van der Waals surface area (Å²) in [5.74, 6) is -0.814. The Balaban J connectivity index is -0.000000471. The molecule has 0 aromatic rings. The number of carboxylic acid groups (broad SMARTS) is 1. The van der Waals surface area contributed by atoms with Crippen molar-refractivity contribution in [3.63, 3.8) is 0 Å². The molecule has 0 aromatic heterocycles. The van der Waals surface area contributed by atoms with Crippen LogP contribution in [0.15, 0.2) is 0 Å². The maximum atomic E-state index is 10.8. The Bertz CT molecular complexity index is 367. The van der Waals surface area contributed by atoms with Gasteiger partial charge in [0.25, 0.3) is 0 Å². The van der Waals surface area contributed by atoms with E-state index in [9.17, 15) is 9.59 Å². The van der Waals surface area contributed by atoms with Crippen molar-refractivity contribution in [1.82, 2.24) is 4.90 Å². The Labute approximate surface area is 196 Å².